The van der Waals surface area contributed by atoms with Gasteiger partial charge in [0, 0.05) is 0 Å². The molecule has 0 amide bonds. The summed E-state index contributed by atoms with van der Waals surface area (Å²) in [6.45, 7) is 10.9. The van der Waals surface area contributed by atoms with Gasteiger partial charge in [-0.05, 0) is 0 Å². The van der Waals surface area contributed by atoms with E-state index in [1.807, 2.05) is 0 Å². The van der Waals surface area contributed by atoms with E-state index in [-0.39, 0.29) is 0 Å². The standard InChI is InChI=1S/C6H6N.2C4H9.C4H8.Sn/c1-6-4-2-3-5-7-6;3*1-3-4-2;/h2-4H,1H3;2*1,3-4H2,2H3;1-4H2;/q;;;+1;. The van der Waals surface area contributed by atoms with Crippen LogP contribution in [0.2, 0.25) is 13.3 Å². The van der Waals surface area contributed by atoms with Gasteiger partial charge in [0.05, 0.1) is 0 Å². The Balaban J connectivity index is 3.04. The molecule has 0 radical (unpaired) electrons. The molecule has 1 heterocycles. The van der Waals surface area contributed by atoms with E-state index in [0.29, 0.717) is 0 Å². The van der Waals surface area contributed by atoms with Gasteiger partial charge in [-0.2, -0.15) is 0 Å². The van der Waals surface area contributed by atoms with Crippen LogP contribution in [0.4, 0.5) is 0 Å². The number of rotatable bonds is 10. The molecule has 20 heavy (non-hydrogen) atoms. The van der Waals surface area contributed by atoms with Crippen LogP contribution in [0, 0.1) is 13.8 Å². The molecule has 0 atom stereocenters. The monoisotopic (exact) mass is 382 g/mol. The fraction of sp³-hybridized carbons (Fsp3) is 0.667. The number of nitrogens with zero attached hydrogens (tertiary/aromatic N) is 1. The number of pyridine rings is 1. The Morgan fingerprint density at radius 1 is 1.00 bits per heavy atom. The molecule has 112 valence electrons. The molecule has 0 fully saturated rings. The zero-order chi connectivity index (χ0) is 14.8. The van der Waals surface area contributed by atoms with E-state index in [1.54, 1.807) is 0 Å². The third kappa shape index (κ3) is 5.31. The van der Waals surface area contributed by atoms with Crippen molar-refractivity contribution in [3.05, 3.63) is 30.8 Å². The number of aryl methyl sites for hydroxylation is 1. The second kappa shape index (κ2) is 9.70. The van der Waals surface area contributed by atoms with Gasteiger partial charge in [-0.1, -0.05) is 0 Å². The van der Waals surface area contributed by atoms with Crippen LogP contribution in [0.15, 0.2) is 18.2 Å². The Morgan fingerprint density at radius 2 is 1.60 bits per heavy atom. The van der Waals surface area contributed by atoms with Crippen molar-refractivity contribution in [2.24, 2.45) is 0 Å². The molecule has 1 aromatic heterocycles. The SMILES string of the molecule is [CH2+]CC[CH2][Sn]([CH2]CCC)([CH2]CCC)[c]1cccc(C)n1. The Bertz CT molecular complexity index is 354. The van der Waals surface area contributed by atoms with Crippen LogP contribution >= 0.6 is 0 Å². The van der Waals surface area contributed by atoms with Crippen LogP contribution in [0.25, 0.3) is 0 Å². The predicted octanol–water partition coefficient (Wildman–Crippen LogP) is 5.26. The van der Waals surface area contributed by atoms with E-state index in [9.17, 15) is 0 Å². The van der Waals surface area contributed by atoms with Crippen LogP contribution in [0.3, 0.4) is 0 Å². The van der Waals surface area contributed by atoms with E-state index >= 15 is 0 Å². The van der Waals surface area contributed by atoms with Gasteiger partial charge in [-0.15, -0.1) is 0 Å². The molecule has 0 bridgehead atoms. The first-order valence-corrected chi connectivity index (χ1v) is 15.9. The van der Waals surface area contributed by atoms with Gasteiger partial charge >= 0.3 is 130 Å². The summed E-state index contributed by atoms with van der Waals surface area (Å²) >= 11 is -2.29. The first kappa shape index (κ1) is 17.9. The van der Waals surface area contributed by atoms with Gasteiger partial charge < -0.3 is 0 Å². The molecular formula is C18H32NSn+. The number of hydrogen-bond acceptors (Lipinski definition) is 1. The van der Waals surface area contributed by atoms with E-state index in [2.05, 4.69) is 45.9 Å². The molecule has 0 aromatic carbocycles. The van der Waals surface area contributed by atoms with Crippen molar-refractivity contribution in [2.45, 2.75) is 72.6 Å². The Kier molecular flexibility index (Phi) is 8.67. The minimum absolute atomic E-state index is 1.09. The summed E-state index contributed by atoms with van der Waals surface area (Å²) in [7, 11) is 0. The zero-order valence-corrected chi connectivity index (χ0v) is 16.6. The second-order valence-corrected chi connectivity index (χ2v) is 19.2. The molecule has 0 aliphatic rings. The van der Waals surface area contributed by atoms with Crippen molar-refractivity contribution in [3.8, 4) is 0 Å². The van der Waals surface area contributed by atoms with Crippen LogP contribution in [0.1, 0.15) is 58.1 Å². The van der Waals surface area contributed by atoms with Gasteiger partial charge in [0.2, 0.25) is 0 Å². The maximum absolute atomic E-state index is 4.98. The van der Waals surface area contributed by atoms with Gasteiger partial charge in [0.25, 0.3) is 0 Å². The summed E-state index contributed by atoms with van der Waals surface area (Å²) in [5.41, 5.74) is 1.20. The van der Waals surface area contributed by atoms with Crippen LogP contribution in [0.5, 0.6) is 0 Å². The van der Waals surface area contributed by atoms with E-state index < -0.39 is 18.4 Å². The third-order valence-electron chi connectivity index (χ3n) is 4.35. The fourth-order valence-electron chi connectivity index (χ4n) is 3.09. The first-order valence-electron chi connectivity index (χ1n) is 8.42. The Hall–Kier alpha value is -0.181. The molecule has 0 saturated carbocycles. The topological polar surface area (TPSA) is 12.9 Å². The summed E-state index contributed by atoms with van der Waals surface area (Å²) < 4.78 is 5.97. The van der Waals surface area contributed by atoms with Crippen LogP contribution in [-0.2, 0) is 0 Å². The predicted molar refractivity (Wildman–Crippen MR) is 93.2 cm³/mol. The summed E-state index contributed by atoms with van der Waals surface area (Å²) in [5, 5.41) is 0. The quantitative estimate of drug-likeness (QED) is 0.398. The van der Waals surface area contributed by atoms with Gasteiger partial charge in [0.1, 0.15) is 0 Å². The van der Waals surface area contributed by atoms with Crippen molar-refractivity contribution in [2.75, 3.05) is 0 Å². The first-order chi connectivity index (χ1) is 9.68. The Labute approximate surface area is 130 Å². The van der Waals surface area contributed by atoms with Crippen molar-refractivity contribution in [3.63, 3.8) is 0 Å². The number of unbranched alkanes of at least 4 members (excludes halogenated alkanes) is 3. The Morgan fingerprint density at radius 3 is 2.10 bits per heavy atom. The molecule has 0 N–H and O–H groups in total. The molecule has 2 heteroatoms. The van der Waals surface area contributed by atoms with Crippen molar-refractivity contribution in [1.82, 2.24) is 4.98 Å². The normalized spacial score (nSPS) is 11.8. The van der Waals surface area contributed by atoms with E-state index in [4.69, 9.17) is 4.98 Å². The molecular weight excluding hydrogens is 349 g/mol. The van der Waals surface area contributed by atoms with Crippen LogP contribution < -0.4 is 3.71 Å². The molecule has 0 aliphatic carbocycles. The number of aromatic nitrogens is 1. The molecule has 1 aromatic rings. The summed E-state index contributed by atoms with van der Waals surface area (Å²) in [5.74, 6) is 0. The average Bonchev–Trinajstić information content (AvgIpc) is 2.47. The molecule has 0 spiro atoms. The van der Waals surface area contributed by atoms with Crippen molar-refractivity contribution >= 4 is 22.1 Å². The van der Waals surface area contributed by atoms with E-state index in [1.165, 1.54) is 54.8 Å². The van der Waals surface area contributed by atoms with Crippen molar-refractivity contribution < 1.29 is 0 Å². The van der Waals surface area contributed by atoms with E-state index in [0.717, 1.165) is 6.42 Å². The van der Waals surface area contributed by atoms with Gasteiger partial charge in [-0.3, -0.25) is 0 Å². The molecule has 0 unspecified atom stereocenters. The molecule has 1 nitrogen and oxygen atoms in total. The summed E-state index contributed by atoms with van der Waals surface area (Å²) in [6.07, 6.45) is 7.82. The molecule has 0 saturated heterocycles. The average molecular weight is 381 g/mol. The molecule has 1 rings (SSSR count). The van der Waals surface area contributed by atoms with Gasteiger partial charge in [-0.25, -0.2) is 0 Å². The minimum atomic E-state index is -2.29. The van der Waals surface area contributed by atoms with Crippen molar-refractivity contribution in [1.29, 1.82) is 0 Å². The number of hydrogen-bond donors (Lipinski definition) is 0. The molecule has 0 aliphatic heterocycles. The maximum atomic E-state index is 4.98. The zero-order valence-electron chi connectivity index (χ0n) is 13.8. The summed E-state index contributed by atoms with van der Waals surface area (Å²) in [4.78, 5) is 4.98. The van der Waals surface area contributed by atoms with Crippen LogP contribution in [-0.4, -0.2) is 23.4 Å². The van der Waals surface area contributed by atoms with Gasteiger partial charge in [0.15, 0.2) is 0 Å². The fourth-order valence-corrected chi connectivity index (χ4v) is 18.4. The second-order valence-electron chi connectivity index (χ2n) is 6.11. The third-order valence-corrected chi connectivity index (χ3v) is 19.5. The summed E-state index contributed by atoms with van der Waals surface area (Å²) in [6, 6.07) is 6.71.